The van der Waals surface area contributed by atoms with Crippen molar-refractivity contribution in [2.45, 2.75) is 29.8 Å². The van der Waals surface area contributed by atoms with Gasteiger partial charge < -0.3 is 15.4 Å². The Morgan fingerprint density at radius 3 is 2.76 bits per heavy atom. The maximum absolute atomic E-state index is 13.6. The molecule has 2 unspecified atom stereocenters. The van der Waals surface area contributed by atoms with Gasteiger partial charge in [-0.3, -0.25) is 0 Å². The topological polar surface area (TPSA) is 50.4 Å². The number of benzene rings is 2. The molecule has 2 aromatic carbocycles. The van der Waals surface area contributed by atoms with Crippen molar-refractivity contribution in [3.8, 4) is 5.75 Å². The van der Waals surface area contributed by atoms with Gasteiger partial charge in [-0.2, -0.15) is 0 Å². The monoisotopic (exact) mass is 358 g/mol. The number of rotatable bonds is 2. The number of para-hydroxylation sites is 1. The van der Waals surface area contributed by atoms with Crippen LogP contribution in [0.3, 0.4) is 0 Å². The maximum atomic E-state index is 13.6. The molecule has 6 heteroatoms. The van der Waals surface area contributed by atoms with Gasteiger partial charge in [-0.15, -0.1) is 11.8 Å². The Morgan fingerprint density at radius 2 is 1.88 bits per heavy atom. The first-order valence-corrected chi connectivity index (χ1v) is 9.40. The van der Waals surface area contributed by atoms with Crippen LogP contribution < -0.4 is 15.4 Å². The fraction of sp³-hybridized carbons (Fsp3) is 0.316. The van der Waals surface area contributed by atoms with E-state index in [0.717, 1.165) is 40.4 Å². The Balaban J connectivity index is 1.47. The highest BCUT2D eigenvalue weighted by Crippen LogP contribution is 2.36. The first-order chi connectivity index (χ1) is 12.2. The van der Waals surface area contributed by atoms with Gasteiger partial charge in [-0.05, 0) is 36.2 Å². The van der Waals surface area contributed by atoms with Crippen LogP contribution in [-0.4, -0.2) is 18.4 Å². The zero-order valence-corrected chi connectivity index (χ0v) is 14.4. The molecule has 2 heterocycles. The molecule has 2 atom stereocenters. The van der Waals surface area contributed by atoms with E-state index in [9.17, 15) is 9.18 Å². The van der Waals surface area contributed by atoms with Crippen molar-refractivity contribution in [1.82, 2.24) is 10.6 Å². The van der Waals surface area contributed by atoms with Crippen LogP contribution in [0.2, 0.25) is 0 Å². The van der Waals surface area contributed by atoms with Gasteiger partial charge in [0.2, 0.25) is 0 Å². The van der Waals surface area contributed by atoms with Gasteiger partial charge >= 0.3 is 6.03 Å². The van der Waals surface area contributed by atoms with Gasteiger partial charge in [0.1, 0.15) is 11.6 Å². The molecule has 4 rings (SSSR count). The normalized spacial score (nSPS) is 21.5. The molecule has 0 fully saturated rings. The largest absolute Gasteiger partial charge is 0.493 e. The Hall–Kier alpha value is -2.21. The lowest BCUT2D eigenvalue weighted by molar-refractivity contribution is 0.220. The minimum absolute atomic E-state index is 0.0742. The number of urea groups is 1. The van der Waals surface area contributed by atoms with Crippen LogP contribution in [0.5, 0.6) is 5.75 Å². The Labute approximate surface area is 150 Å². The molecule has 0 spiro atoms. The lowest BCUT2D eigenvalue weighted by Crippen LogP contribution is -2.42. The molecule has 0 bridgehead atoms. The van der Waals surface area contributed by atoms with Crippen LogP contribution in [0, 0.1) is 5.82 Å². The molecule has 0 aromatic heterocycles. The number of nitrogens with one attached hydrogen (secondary N) is 2. The van der Waals surface area contributed by atoms with Crippen LogP contribution >= 0.6 is 11.8 Å². The van der Waals surface area contributed by atoms with Crippen molar-refractivity contribution in [1.29, 1.82) is 0 Å². The molecule has 0 saturated heterocycles. The fourth-order valence-corrected chi connectivity index (χ4v) is 4.47. The van der Waals surface area contributed by atoms with Gasteiger partial charge in [0.15, 0.2) is 0 Å². The van der Waals surface area contributed by atoms with Crippen molar-refractivity contribution >= 4 is 17.8 Å². The molecule has 4 nitrogen and oxygen atoms in total. The highest BCUT2D eigenvalue weighted by Gasteiger charge is 2.26. The summed E-state index contributed by atoms with van der Waals surface area (Å²) in [5, 5.41) is 6.05. The minimum atomic E-state index is -0.271. The van der Waals surface area contributed by atoms with Crippen LogP contribution in [0.1, 0.15) is 36.1 Å². The number of ether oxygens (including phenoxy) is 1. The van der Waals surface area contributed by atoms with E-state index in [2.05, 4.69) is 10.6 Å². The summed E-state index contributed by atoms with van der Waals surface area (Å²) < 4.78 is 19.2. The van der Waals surface area contributed by atoms with E-state index in [1.54, 1.807) is 17.8 Å². The van der Waals surface area contributed by atoms with Gasteiger partial charge in [0, 0.05) is 22.6 Å². The first-order valence-electron chi connectivity index (χ1n) is 8.42. The lowest BCUT2D eigenvalue weighted by Gasteiger charge is -2.29. The molecule has 2 aliphatic heterocycles. The standard InChI is InChI=1S/C19H19FN2O2S/c20-12-5-6-18-14(11-12)16(8-10-25-18)22-19(23)21-15-7-9-24-17-4-2-1-3-13(15)17/h1-6,11,15-16H,7-10H2,(H2,21,22,23). The summed E-state index contributed by atoms with van der Waals surface area (Å²) in [6.07, 6.45) is 1.52. The molecule has 0 radical (unpaired) electrons. The fourth-order valence-electron chi connectivity index (χ4n) is 3.37. The SMILES string of the molecule is O=C(NC1CCOc2ccccc21)NC1CCSc2ccc(F)cc21. The summed E-state index contributed by atoms with van der Waals surface area (Å²) in [6.45, 7) is 0.579. The molecular weight excluding hydrogens is 339 g/mol. The molecule has 2 N–H and O–H groups in total. The third-order valence-corrected chi connectivity index (χ3v) is 5.70. The van der Waals surface area contributed by atoms with E-state index < -0.39 is 0 Å². The summed E-state index contributed by atoms with van der Waals surface area (Å²) >= 11 is 1.70. The summed E-state index contributed by atoms with van der Waals surface area (Å²) in [5.74, 6) is 1.45. The molecule has 130 valence electrons. The summed E-state index contributed by atoms with van der Waals surface area (Å²) in [7, 11) is 0. The van der Waals surface area contributed by atoms with Gasteiger partial charge in [0.05, 0.1) is 18.7 Å². The molecule has 2 amide bonds. The van der Waals surface area contributed by atoms with Crippen molar-refractivity contribution in [2.75, 3.05) is 12.4 Å². The number of halogens is 1. The molecule has 2 aliphatic rings. The first kappa shape index (κ1) is 16.3. The molecule has 0 saturated carbocycles. The number of hydrogen-bond acceptors (Lipinski definition) is 3. The Bertz CT molecular complexity index is 799. The quantitative estimate of drug-likeness (QED) is 0.846. The number of fused-ring (bicyclic) bond motifs is 2. The number of thioether (sulfide) groups is 1. The smallest absolute Gasteiger partial charge is 0.315 e. The lowest BCUT2D eigenvalue weighted by atomic mass is 10.0. The van der Waals surface area contributed by atoms with Gasteiger partial charge in [-0.25, -0.2) is 9.18 Å². The van der Waals surface area contributed by atoms with Crippen molar-refractivity contribution in [3.63, 3.8) is 0 Å². The van der Waals surface area contributed by atoms with Crippen LogP contribution in [0.25, 0.3) is 0 Å². The average molecular weight is 358 g/mol. The van der Waals surface area contributed by atoms with Crippen molar-refractivity contribution in [3.05, 3.63) is 59.4 Å². The summed E-state index contributed by atoms with van der Waals surface area (Å²) in [5.41, 5.74) is 1.85. The van der Waals surface area contributed by atoms with E-state index in [1.807, 2.05) is 24.3 Å². The number of carbonyl (C=O) groups excluding carboxylic acids is 1. The summed E-state index contributed by atoms with van der Waals surface area (Å²) in [4.78, 5) is 13.6. The van der Waals surface area contributed by atoms with E-state index in [1.165, 1.54) is 12.1 Å². The molecular formula is C19H19FN2O2S. The van der Waals surface area contributed by atoms with E-state index in [4.69, 9.17) is 4.74 Å². The molecule has 2 aromatic rings. The second kappa shape index (κ2) is 6.96. The third kappa shape index (κ3) is 3.44. The van der Waals surface area contributed by atoms with E-state index in [-0.39, 0.29) is 23.9 Å². The van der Waals surface area contributed by atoms with Crippen LogP contribution in [0.15, 0.2) is 47.4 Å². The molecule has 25 heavy (non-hydrogen) atoms. The minimum Gasteiger partial charge on any atom is -0.493 e. The van der Waals surface area contributed by atoms with Crippen molar-refractivity contribution in [2.24, 2.45) is 0 Å². The van der Waals surface area contributed by atoms with Crippen LogP contribution in [-0.2, 0) is 0 Å². The van der Waals surface area contributed by atoms with Crippen LogP contribution in [0.4, 0.5) is 9.18 Å². The van der Waals surface area contributed by atoms with E-state index >= 15 is 0 Å². The summed E-state index contributed by atoms with van der Waals surface area (Å²) in [6, 6.07) is 12.1. The number of carbonyl (C=O) groups is 1. The van der Waals surface area contributed by atoms with Gasteiger partial charge in [-0.1, -0.05) is 18.2 Å². The predicted molar refractivity (Wildman–Crippen MR) is 95.4 cm³/mol. The Kier molecular flexibility index (Phi) is 4.53. The highest BCUT2D eigenvalue weighted by molar-refractivity contribution is 7.99. The number of hydrogen-bond donors (Lipinski definition) is 2. The number of amides is 2. The third-order valence-electron chi connectivity index (χ3n) is 4.58. The Morgan fingerprint density at radius 1 is 1.08 bits per heavy atom. The zero-order chi connectivity index (χ0) is 17.2. The highest BCUT2D eigenvalue weighted by atomic mass is 32.2. The second-order valence-corrected chi connectivity index (χ2v) is 7.35. The van der Waals surface area contributed by atoms with Crippen molar-refractivity contribution < 1.29 is 13.9 Å². The molecule has 0 aliphatic carbocycles. The predicted octanol–water partition coefficient (Wildman–Crippen LogP) is 4.19. The van der Waals surface area contributed by atoms with E-state index in [0.29, 0.717) is 6.61 Å². The zero-order valence-electron chi connectivity index (χ0n) is 13.6. The maximum Gasteiger partial charge on any atom is 0.315 e. The second-order valence-electron chi connectivity index (χ2n) is 6.22. The average Bonchev–Trinajstić information content (AvgIpc) is 2.62. The van der Waals surface area contributed by atoms with Gasteiger partial charge in [0.25, 0.3) is 0 Å².